The molecule has 0 spiro atoms. The van der Waals surface area contributed by atoms with E-state index < -0.39 is 22.4 Å². The molecule has 0 aliphatic rings. The van der Waals surface area contributed by atoms with Crippen LogP contribution in [0.3, 0.4) is 0 Å². The van der Waals surface area contributed by atoms with Crippen LogP contribution in [0.15, 0.2) is 30.5 Å². The molecule has 21 heavy (non-hydrogen) atoms. The van der Waals surface area contributed by atoms with Gasteiger partial charge in [-0.1, -0.05) is 0 Å². The van der Waals surface area contributed by atoms with Crippen molar-refractivity contribution in [2.45, 2.75) is 6.92 Å². The highest BCUT2D eigenvalue weighted by Gasteiger charge is 2.20. The van der Waals surface area contributed by atoms with E-state index in [-0.39, 0.29) is 17.1 Å². The summed E-state index contributed by atoms with van der Waals surface area (Å²) >= 11 is 0. The van der Waals surface area contributed by atoms with E-state index in [1.165, 1.54) is 6.07 Å². The summed E-state index contributed by atoms with van der Waals surface area (Å²) in [5.41, 5.74) is -0.375. The lowest BCUT2D eigenvalue weighted by Gasteiger charge is -2.09. The normalized spacial score (nSPS) is 10.2. The molecule has 2 rings (SSSR count). The van der Waals surface area contributed by atoms with Gasteiger partial charge in [-0.15, -0.1) is 0 Å². The third-order valence-corrected chi connectivity index (χ3v) is 2.57. The number of nitro benzene ring substituents is 1. The van der Waals surface area contributed by atoms with E-state index in [1.807, 2.05) is 0 Å². The Labute approximate surface area is 117 Å². The van der Waals surface area contributed by atoms with Crippen molar-refractivity contribution in [1.29, 1.82) is 0 Å². The maximum atomic E-state index is 13.1. The Hall–Kier alpha value is -3.03. The average Bonchev–Trinajstić information content (AvgIpc) is 2.40. The number of nitro groups is 1. The van der Waals surface area contributed by atoms with Crippen molar-refractivity contribution in [2.24, 2.45) is 0 Å². The molecule has 1 aromatic heterocycles. The standard InChI is InChI=1S/C13H9FN2O5/c1-7-4-12(9(6-15-7)13(17)18)21-11-3-2-8(14)5-10(11)16(19)20/h2-6H,1H3,(H,17,18). The average molecular weight is 292 g/mol. The SMILES string of the molecule is Cc1cc(Oc2ccc(F)cc2[N+](=O)[O-])c(C(=O)O)cn1. The van der Waals surface area contributed by atoms with Gasteiger partial charge in [-0.05, 0) is 19.1 Å². The molecule has 1 N–H and O–H groups in total. The van der Waals surface area contributed by atoms with Crippen LogP contribution >= 0.6 is 0 Å². The van der Waals surface area contributed by atoms with E-state index in [0.717, 1.165) is 18.3 Å². The van der Waals surface area contributed by atoms with Crippen molar-refractivity contribution >= 4 is 11.7 Å². The van der Waals surface area contributed by atoms with E-state index in [0.29, 0.717) is 11.8 Å². The van der Waals surface area contributed by atoms with Crippen molar-refractivity contribution in [1.82, 2.24) is 4.98 Å². The predicted molar refractivity (Wildman–Crippen MR) is 69.1 cm³/mol. The molecule has 0 aliphatic carbocycles. The van der Waals surface area contributed by atoms with Gasteiger partial charge in [0.15, 0.2) is 0 Å². The molecule has 0 aliphatic heterocycles. The van der Waals surface area contributed by atoms with Gasteiger partial charge in [-0.3, -0.25) is 15.1 Å². The molecule has 0 unspecified atom stereocenters. The minimum Gasteiger partial charge on any atom is -0.477 e. The Kier molecular flexibility index (Phi) is 3.79. The van der Waals surface area contributed by atoms with Crippen molar-refractivity contribution < 1.29 is 24.0 Å². The smallest absolute Gasteiger partial charge is 0.341 e. The highest BCUT2D eigenvalue weighted by Crippen LogP contribution is 2.33. The molecule has 0 radical (unpaired) electrons. The monoisotopic (exact) mass is 292 g/mol. The largest absolute Gasteiger partial charge is 0.477 e. The maximum absolute atomic E-state index is 13.1. The Morgan fingerprint density at radius 1 is 1.38 bits per heavy atom. The minimum atomic E-state index is -1.29. The Morgan fingerprint density at radius 2 is 2.10 bits per heavy atom. The van der Waals surface area contributed by atoms with Crippen LogP contribution in [-0.2, 0) is 0 Å². The molecular formula is C13H9FN2O5. The fourth-order valence-corrected chi connectivity index (χ4v) is 1.62. The summed E-state index contributed by atoms with van der Waals surface area (Å²) in [7, 11) is 0. The predicted octanol–water partition coefficient (Wildman–Crippen LogP) is 2.93. The molecule has 108 valence electrons. The molecule has 7 nitrogen and oxygen atoms in total. The lowest BCUT2D eigenvalue weighted by molar-refractivity contribution is -0.385. The minimum absolute atomic E-state index is 0.107. The summed E-state index contributed by atoms with van der Waals surface area (Å²) in [4.78, 5) is 25.0. The van der Waals surface area contributed by atoms with E-state index in [1.54, 1.807) is 6.92 Å². The molecule has 2 aromatic rings. The zero-order valence-electron chi connectivity index (χ0n) is 10.7. The number of nitrogens with zero attached hydrogens (tertiary/aromatic N) is 2. The van der Waals surface area contributed by atoms with Gasteiger partial charge in [0.2, 0.25) is 5.75 Å². The van der Waals surface area contributed by atoms with Crippen molar-refractivity contribution in [3.63, 3.8) is 0 Å². The maximum Gasteiger partial charge on any atom is 0.341 e. The number of rotatable bonds is 4. The third kappa shape index (κ3) is 3.11. The van der Waals surface area contributed by atoms with Gasteiger partial charge in [0, 0.05) is 18.0 Å². The molecule has 0 saturated heterocycles. The zero-order chi connectivity index (χ0) is 15.6. The number of carbonyl (C=O) groups is 1. The van der Waals surface area contributed by atoms with Crippen molar-refractivity contribution in [2.75, 3.05) is 0 Å². The number of aryl methyl sites for hydroxylation is 1. The molecule has 1 heterocycles. The van der Waals surface area contributed by atoms with Gasteiger partial charge in [0.1, 0.15) is 17.1 Å². The summed E-state index contributed by atoms with van der Waals surface area (Å²) in [5, 5.41) is 19.9. The molecule has 1 aromatic carbocycles. The second-order valence-electron chi connectivity index (χ2n) is 4.10. The number of hydrogen-bond donors (Lipinski definition) is 1. The van der Waals surface area contributed by atoms with Crippen LogP contribution in [0.5, 0.6) is 11.5 Å². The quantitative estimate of drug-likeness (QED) is 0.686. The van der Waals surface area contributed by atoms with Crippen molar-refractivity contribution in [3.8, 4) is 11.5 Å². The Morgan fingerprint density at radius 3 is 2.71 bits per heavy atom. The zero-order valence-corrected chi connectivity index (χ0v) is 10.7. The van der Waals surface area contributed by atoms with Crippen LogP contribution < -0.4 is 4.74 Å². The van der Waals surface area contributed by atoms with Crippen LogP contribution in [0, 0.1) is 22.9 Å². The van der Waals surface area contributed by atoms with Gasteiger partial charge < -0.3 is 9.84 Å². The molecule has 0 atom stereocenters. The van der Waals surface area contributed by atoms with Crippen LogP contribution in [0.4, 0.5) is 10.1 Å². The number of benzene rings is 1. The summed E-state index contributed by atoms with van der Waals surface area (Å²) < 4.78 is 18.3. The van der Waals surface area contributed by atoms with Gasteiger partial charge in [0.25, 0.3) is 0 Å². The van der Waals surface area contributed by atoms with Crippen LogP contribution in [0.2, 0.25) is 0 Å². The number of halogens is 1. The highest BCUT2D eigenvalue weighted by molar-refractivity contribution is 5.90. The summed E-state index contributed by atoms with van der Waals surface area (Å²) in [6.45, 7) is 1.61. The molecule has 0 saturated carbocycles. The number of carboxylic acid groups (broad SMARTS) is 1. The topological polar surface area (TPSA) is 103 Å². The fraction of sp³-hybridized carbons (Fsp3) is 0.0769. The van der Waals surface area contributed by atoms with Crippen molar-refractivity contribution in [3.05, 3.63) is 57.7 Å². The van der Waals surface area contributed by atoms with E-state index in [9.17, 15) is 19.3 Å². The number of carboxylic acids is 1. The molecule has 0 amide bonds. The lowest BCUT2D eigenvalue weighted by atomic mass is 10.2. The Balaban J connectivity index is 2.50. The van der Waals surface area contributed by atoms with Gasteiger partial charge in [-0.2, -0.15) is 0 Å². The first-order valence-corrected chi connectivity index (χ1v) is 5.70. The van der Waals surface area contributed by atoms with Gasteiger partial charge >= 0.3 is 11.7 Å². The molecule has 0 bridgehead atoms. The molecule has 0 fully saturated rings. The number of aromatic carboxylic acids is 1. The first kappa shape index (κ1) is 14.4. The molecule has 8 heteroatoms. The first-order valence-electron chi connectivity index (χ1n) is 5.70. The summed E-state index contributed by atoms with van der Waals surface area (Å²) in [5.74, 6) is -2.44. The van der Waals surface area contributed by atoms with Gasteiger partial charge in [0.05, 0.1) is 11.0 Å². The van der Waals surface area contributed by atoms with E-state index in [2.05, 4.69) is 4.98 Å². The molecular weight excluding hydrogens is 283 g/mol. The van der Waals surface area contributed by atoms with E-state index in [4.69, 9.17) is 9.84 Å². The Bertz CT molecular complexity index is 732. The van der Waals surface area contributed by atoms with E-state index >= 15 is 0 Å². The second-order valence-corrected chi connectivity index (χ2v) is 4.10. The highest BCUT2D eigenvalue weighted by atomic mass is 19.1. The van der Waals surface area contributed by atoms with Gasteiger partial charge in [-0.25, -0.2) is 9.18 Å². The summed E-state index contributed by atoms with van der Waals surface area (Å²) in [6.07, 6.45) is 1.09. The van der Waals surface area contributed by atoms with Crippen LogP contribution in [-0.4, -0.2) is 21.0 Å². The third-order valence-electron chi connectivity index (χ3n) is 2.57. The fourth-order valence-electron chi connectivity index (χ4n) is 1.62. The lowest BCUT2D eigenvalue weighted by Crippen LogP contribution is -2.03. The number of pyridine rings is 1. The summed E-state index contributed by atoms with van der Waals surface area (Å²) in [6, 6.07) is 4.08. The number of aromatic nitrogens is 1. The second kappa shape index (κ2) is 5.53. The van der Waals surface area contributed by atoms with Crippen LogP contribution in [0.25, 0.3) is 0 Å². The van der Waals surface area contributed by atoms with Crippen LogP contribution in [0.1, 0.15) is 16.1 Å². The first-order chi connectivity index (χ1) is 9.88. The number of hydrogen-bond acceptors (Lipinski definition) is 5. The number of ether oxygens (including phenoxy) is 1.